The first-order valence-corrected chi connectivity index (χ1v) is 10.8. The Bertz CT molecular complexity index is 1080. The second-order valence-corrected chi connectivity index (χ2v) is 7.51. The zero-order valence-electron chi connectivity index (χ0n) is 18.5. The summed E-state index contributed by atoms with van der Waals surface area (Å²) in [5, 5.41) is 14.4. The number of benzene rings is 3. The molecule has 32 heavy (non-hydrogen) atoms. The summed E-state index contributed by atoms with van der Waals surface area (Å²) in [6.45, 7) is 2.50. The van der Waals surface area contributed by atoms with Crippen LogP contribution in [-0.2, 0) is 27.2 Å². The molecule has 0 aromatic heterocycles. The Morgan fingerprint density at radius 3 is 2.50 bits per heavy atom. The minimum absolute atomic E-state index is 0.00765. The molecular formula is C26H29NO5. The standard InChI is InChI=1S/C26H29NO5/c1-3-31-26(30)25(27-2)22-11-10-20(12-13-24(28)29)23(17-22)32-15-14-18-8-9-19-6-4-5-7-21(19)16-18/h4-11,16-17,25,27H,3,12-15H2,1-2H3,(H,28,29). The molecule has 3 rings (SSSR count). The van der Waals surface area contributed by atoms with E-state index >= 15 is 0 Å². The van der Waals surface area contributed by atoms with Gasteiger partial charge in [-0.25, -0.2) is 4.79 Å². The molecule has 0 saturated carbocycles. The summed E-state index contributed by atoms with van der Waals surface area (Å²) < 4.78 is 11.2. The number of aliphatic carboxylic acids is 1. The van der Waals surface area contributed by atoms with Gasteiger partial charge in [-0.1, -0.05) is 54.6 Å². The SMILES string of the molecule is CCOC(=O)C(NC)c1ccc(CCC(=O)O)c(OCCc2ccc3ccccc3c2)c1. The van der Waals surface area contributed by atoms with Crippen molar-refractivity contribution in [2.45, 2.75) is 32.2 Å². The van der Waals surface area contributed by atoms with Crippen LogP contribution in [0.4, 0.5) is 0 Å². The van der Waals surface area contributed by atoms with Crippen molar-refractivity contribution in [2.75, 3.05) is 20.3 Å². The molecule has 0 aliphatic rings. The van der Waals surface area contributed by atoms with Gasteiger partial charge < -0.3 is 19.9 Å². The monoisotopic (exact) mass is 435 g/mol. The number of nitrogens with one attached hydrogen (secondary N) is 1. The lowest BCUT2D eigenvalue weighted by Crippen LogP contribution is -2.27. The molecule has 1 unspecified atom stereocenters. The Labute approximate surface area is 188 Å². The van der Waals surface area contributed by atoms with Gasteiger partial charge in [0.1, 0.15) is 11.8 Å². The Morgan fingerprint density at radius 2 is 1.78 bits per heavy atom. The number of fused-ring (bicyclic) bond motifs is 1. The summed E-state index contributed by atoms with van der Waals surface area (Å²) in [6, 6.07) is 19.4. The molecule has 3 aromatic rings. The molecule has 168 valence electrons. The summed E-state index contributed by atoms with van der Waals surface area (Å²) in [5.41, 5.74) is 2.67. The van der Waals surface area contributed by atoms with Crippen LogP contribution in [0.2, 0.25) is 0 Å². The van der Waals surface area contributed by atoms with Crippen LogP contribution < -0.4 is 10.1 Å². The van der Waals surface area contributed by atoms with E-state index in [0.29, 0.717) is 37.4 Å². The fourth-order valence-electron chi connectivity index (χ4n) is 3.65. The van der Waals surface area contributed by atoms with Crippen molar-refractivity contribution in [1.82, 2.24) is 5.32 Å². The van der Waals surface area contributed by atoms with E-state index in [1.54, 1.807) is 20.0 Å². The fraction of sp³-hybridized carbons (Fsp3) is 0.308. The molecule has 6 heteroatoms. The first-order chi connectivity index (χ1) is 15.5. The van der Waals surface area contributed by atoms with Crippen molar-refractivity contribution in [1.29, 1.82) is 0 Å². The minimum Gasteiger partial charge on any atom is -0.493 e. The topological polar surface area (TPSA) is 84.9 Å². The Hall–Kier alpha value is -3.38. The van der Waals surface area contributed by atoms with E-state index in [4.69, 9.17) is 14.6 Å². The van der Waals surface area contributed by atoms with Gasteiger partial charge in [-0.2, -0.15) is 0 Å². The molecule has 3 aromatic carbocycles. The van der Waals surface area contributed by atoms with Crippen LogP contribution in [0.25, 0.3) is 10.8 Å². The van der Waals surface area contributed by atoms with Crippen molar-refractivity contribution >= 4 is 22.7 Å². The molecule has 0 spiro atoms. The van der Waals surface area contributed by atoms with Gasteiger partial charge in [0, 0.05) is 12.8 Å². The van der Waals surface area contributed by atoms with Crippen molar-refractivity contribution in [3.8, 4) is 5.75 Å². The number of hydrogen-bond acceptors (Lipinski definition) is 5. The van der Waals surface area contributed by atoms with E-state index in [-0.39, 0.29) is 12.4 Å². The van der Waals surface area contributed by atoms with Crippen LogP contribution in [0.1, 0.15) is 36.1 Å². The maximum atomic E-state index is 12.3. The van der Waals surface area contributed by atoms with Gasteiger partial charge in [0.2, 0.25) is 0 Å². The van der Waals surface area contributed by atoms with Crippen LogP contribution in [0.3, 0.4) is 0 Å². The van der Waals surface area contributed by atoms with Gasteiger partial charge in [0.15, 0.2) is 0 Å². The number of likely N-dealkylation sites (N-methyl/N-ethyl adjacent to an activating group) is 1. The van der Waals surface area contributed by atoms with Crippen molar-refractivity contribution in [3.05, 3.63) is 77.4 Å². The first kappa shape index (κ1) is 23.3. The maximum absolute atomic E-state index is 12.3. The summed E-state index contributed by atoms with van der Waals surface area (Å²) >= 11 is 0. The molecule has 0 amide bonds. The van der Waals surface area contributed by atoms with Crippen LogP contribution in [0.5, 0.6) is 5.75 Å². The maximum Gasteiger partial charge on any atom is 0.327 e. The molecule has 1 atom stereocenters. The highest BCUT2D eigenvalue weighted by Gasteiger charge is 2.21. The highest BCUT2D eigenvalue weighted by molar-refractivity contribution is 5.83. The molecule has 0 radical (unpaired) electrons. The van der Waals surface area contributed by atoms with Crippen LogP contribution >= 0.6 is 0 Å². The number of esters is 1. The minimum atomic E-state index is -0.865. The number of carboxylic acid groups (broad SMARTS) is 1. The molecule has 0 aliphatic carbocycles. The van der Waals surface area contributed by atoms with Crippen molar-refractivity contribution < 1.29 is 24.2 Å². The molecule has 0 aliphatic heterocycles. The number of hydrogen-bond donors (Lipinski definition) is 2. The van der Waals surface area contributed by atoms with Gasteiger partial charge >= 0.3 is 11.9 Å². The third kappa shape index (κ3) is 6.08. The summed E-state index contributed by atoms with van der Waals surface area (Å²) in [4.78, 5) is 23.3. The largest absolute Gasteiger partial charge is 0.493 e. The smallest absolute Gasteiger partial charge is 0.327 e. The number of carbonyl (C=O) groups excluding carboxylic acids is 1. The lowest BCUT2D eigenvalue weighted by atomic mass is 10.0. The molecule has 6 nitrogen and oxygen atoms in total. The van der Waals surface area contributed by atoms with Gasteiger partial charge in [-0.15, -0.1) is 0 Å². The van der Waals surface area contributed by atoms with Gasteiger partial charge in [-0.05, 0) is 53.9 Å². The number of ether oxygens (including phenoxy) is 2. The average Bonchev–Trinajstić information content (AvgIpc) is 2.79. The van der Waals surface area contributed by atoms with E-state index in [9.17, 15) is 9.59 Å². The number of carboxylic acids is 1. The van der Waals surface area contributed by atoms with Crippen LogP contribution in [0.15, 0.2) is 60.7 Å². The molecule has 0 fully saturated rings. The zero-order valence-corrected chi connectivity index (χ0v) is 18.5. The van der Waals surface area contributed by atoms with Gasteiger partial charge in [0.25, 0.3) is 0 Å². The third-order valence-corrected chi connectivity index (χ3v) is 5.31. The zero-order chi connectivity index (χ0) is 22.9. The molecule has 0 heterocycles. The number of rotatable bonds is 11. The second kappa shape index (κ2) is 11.3. The number of aryl methyl sites for hydroxylation is 1. The molecule has 2 N–H and O–H groups in total. The lowest BCUT2D eigenvalue weighted by molar-refractivity contribution is -0.145. The van der Waals surface area contributed by atoms with Crippen molar-refractivity contribution in [3.63, 3.8) is 0 Å². The van der Waals surface area contributed by atoms with Crippen molar-refractivity contribution in [2.24, 2.45) is 0 Å². The van der Waals surface area contributed by atoms with E-state index in [0.717, 1.165) is 11.1 Å². The summed E-state index contributed by atoms with van der Waals surface area (Å²) in [6.07, 6.45) is 1.07. The normalized spacial score (nSPS) is 11.8. The van der Waals surface area contributed by atoms with E-state index in [2.05, 4.69) is 35.6 Å². The van der Waals surface area contributed by atoms with E-state index in [1.807, 2.05) is 24.3 Å². The van der Waals surface area contributed by atoms with E-state index < -0.39 is 12.0 Å². The van der Waals surface area contributed by atoms with Gasteiger partial charge in [0.05, 0.1) is 13.2 Å². The highest BCUT2D eigenvalue weighted by atomic mass is 16.5. The summed E-state index contributed by atoms with van der Waals surface area (Å²) in [7, 11) is 1.69. The Balaban J connectivity index is 1.77. The van der Waals surface area contributed by atoms with Gasteiger partial charge in [-0.3, -0.25) is 4.79 Å². The third-order valence-electron chi connectivity index (χ3n) is 5.31. The molecular weight excluding hydrogens is 406 g/mol. The van der Waals surface area contributed by atoms with Crippen LogP contribution in [0, 0.1) is 0 Å². The highest BCUT2D eigenvalue weighted by Crippen LogP contribution is 2.27. The first-order valence-electron chi connectivity index (χ1n) is 10.8. The summed E-state index contributed by atoms with van der Waals surface area (Å²) in [5.74, 6) is -0.639. The Morgan fingerprint density at radius 1 is 1.00 bits per heavy atom. The molecule has 0 bridgehead atoms. The fourth-order valence-corrected chi connectivity index (χ4v) is 3.65. The molecule has 0 saturated heterocycles. The lowest BCUT2D eigenvalue weighted by Gasteiger charge is -2.18. The van der Waals surface area contributed by atoms with Crippen LogP contribution in [-0.4, -0.2) is 37.3 Å². The number of carbonyl (C=O) groups is 2. The Kier molecular flexibility index (Phi) is 8.22. The average molecular weight is 436 g/mol. The predicted molar refractivity (Wildman–Crippen MR) is 124 cm³/mol. The second-order valence-electron chi connectivity index (χ2n) is 7.51. The predicted octanol–water partition coefficient (Wildman–Crippen LogP) is 4.30. The van der Waals surface area contributed by atoms with E-state index in [1.165, 1.54) is 10.8 Å². The quantitative estimate of drug-likeness (QED) is 0.437.